The molecule has 1 aromatic rings. The minimum Gasteiger partial charge on any atom is -0.497 e. The summed E-state index contributed by atoms with van der Waals surface area (Å²) in [5.41, 5.74) is -0.139. The first kappa shape index (κ1) is 11.1. The Morgan fingerprint density at radius 2 is 1.88 bits per heavy atom. The molecule has 4 nitrogen and oxygen atoms in total. The lowest BCUT2D eigenvalue weighted by atomic mass is 10.00. The maximum absolute atomic E-state index is 5.93. The van der Waals surface area contributed by atoms with Crippen LogP contribution >= 0.6 is 0 Å². The van der Waals surface area contributed by atoms with E-state index >= 15 is 0 Å². The van der Waals surface area contributed by atoms with Gasteiger partial charge in [-0.05, 0) is 19.1 Å². The summed E-state index contributed by atoms with van der Waals surface area (Å²) in [5.74, 6) is 2.23. The zero-order valence-corrected chi connectivity index (χ0v) is 9.87. The Labute approximate surface area is 95.5 Å². The maximum Gasteiger partial charge on any atom is 0.165 e. The van der Waals surface area contributed by atoms with Gasteiger partial charge < -0.3 is 19.5 Å². The number of methoxy groups -OCH3 is 2. The third kappa shape index (κ3) is 2.07. The standard InChI is InChI=1S/C12H17NO3/c1-12(7-13-8-12)16-11-6-9(14-2)4-5-10(11)15-3/h4-6,13H,7-8H2,1-3H3. The molecule has 1 heterocycles. The molecule has 1 aromatic carbocycles. The van der Waals surface area contributed by atoms with Gasteiger partial charge in [0.15, 0.2) is 11.5 Å². The molecule has 1 fully saturated rings. The number of hydrogen-bond acceptors (Lipinski definition) is 4. The molecule has 1 aliphatic rings. The van der Waals surface area contributed by atoms with Crippen LogP contribution in [0.1, 0.15) is 6.92 Å². The lowest BCUT2D eigenvalue weighted by molar-refractivity contribution is 0.0322. The highest BCUT2D eigenvalue weighted by molar-refractivity contribution is 5.46. The van der Waals surface area contributed by atoms with Crippen LogP contribution in [0.2, 0.25) is 0 Å². The van der Waals surface area contributed by atoms with Gasteiger partial charge in [0.1, 0.15) is 11.4 Å². The summed E-state index contributed by atoms with van der Waals surface area (Å²) in [6, 6.07) is 5.55. The average Bonchev–Trinajstić information content (AvgIpc) is 2.27. The Morgan fingerprint density at radius 1 is 1.12 bits per heavy atom. The van der Waals surface area contributed by atoms with E-state index in [0.29, 0.717) is 0 Å². The first-order chi connectivity index (χ1) is 7.67. The Kier molecular flexibility index (Phi) is 2.92. The average molecular weight is 223 g/mol. The van der Waals surface area contributed by atoms with Crippen molar-refractivity contribution in [3.8, 4) is 17.2 Å². The predicted octanol–water partition coefficient (Wildman–Crippen LogP) is 1.44. The molecule has 0 aliphatic carbocycles. The Morgan fingerprint density at radius 3 is 2.38 bits per heavy atom. The van der Waals surface area contributed by atoms with Gasteiger partial charge in [-0.1, -0.05) is 0 Å². The quantitative estimate of drug-likeness (QED) is 0.838. The summed E-state index contributed by atoms with van der Waals surface area (Å²) in [6.45, 7) is 3.78. The summed E-state index contributed by atoms with van der Waals surface area (Å²) in [7, 11) is 3.27. The van der Waals surface area contributed by atoms with Gasteiger partial charge in [-0.2, -0.15) is 0 Å². The fourth-order valence-electron chi connectivity index (χ4n) is 1.68. The van der Waals surface area contributed by atoms with Crippen LogP contribution in [-0.4, -0.2) is 32.9 Å². The molecule has 4 heteroatoms. The Bertz CT molecular complexity index is 375. The number of nitrogens with one attached hydrogen (secondary N) is 1. The van der Waals surface area contributed by atoms with Gasteiger partial charge in [0.25, 0.3) is 0 Å². The lowest BCUT2D eigenvalue weighted by Crippen LogP contribution is -2.61. The molecule has 0 saturated carbocycles. The first-order valence-electron chi connectivity index (χ1n) is 5.29. The molecule has 0 amide bonds. The number of benzene rings is 1. The molecule has 0 atom stereocenters. The van der Waals surface area contributed by atoms with Crippen molar-refractivity contribution in [2.75, 3.05) is 27.3 Å². The molecule has 1 saturated heterocycles. The van der Waals surface area contributed by atoms with Crippen LogP contribution in [-0.2, 0) is 0 Å². The summed E-state index contributed by atoms with van der Waals surface area (Å²) in [5, 5.41) is 3.19. The van der Waals surface area contributed by atoms with Gasteiger partial charge in [0.05, 0.1) is 14.2 Å². The minimum atomic E-state index is -0.139. The summed E-state index contributed by atoms with van der Waals surface area (Å²) < 4.78 is 16.4. The van der Waals surface area contributed by atoms with E-state index in [4.69, 9.17) is 14.2 Å². The largest absolute Gasteiger partial charge is 0.497 e. The second kappa shape index (κ2) is 4.22. The predicted molar refractivity (Wildman–Crippen MR) is 61.4 cm³/mol. The third-order valence-electron chi connectivity index (χ3n) is 2.73. The Balaban J connectivity index is 2.22. The van der Waals surface area contributed by atoms with Crippen molar-refractivity contribution in [1.82, 2.24) is 5.32 Å². The van der Waals surface area contributed by atoms with Crippen LogP contribution in [0.3, 0.4) is 0 Å². The topological polar surface area (TPSA) is 39.7 Å². The molecule has 88 valence electrons. The van der Waals surface area contributed by atoms with E-state index < -0.39 is 0 Å². The van der Waals surface area contributed by atoms with Gasteiger partial charge in [-0.25, -0.2) is 0 Å². The van der Waals surface area contributed by atoms with Crippen LogP contribution in [0.15, 0.2) is 18.2 Å². The normalized spacial score (nSPS) is 17.4. The van der Waals surface area contributed by atoms with Crippen molar-refractivity contribution in [2.24, 2.45) is 0 Å². The zero-order valence-electron chi connectivity index (χ0n) is 9.87. The van der Waals surface area contributed by atoms with E-state index in [1.807, 2.05) is 18.2 Å². The van der Waals surface area contributed by atoms with Crippen molar-refractivity contribution in [2.45, 2.75) is 12.5 Å². The highest BCUT2D eigenvalue weighted by atomic mass is 16.5. The molecule has 0 aromatic heterocycles. The van der Waals surface area contributed by atoms with E-state index in [1.165, 1.54) is 0 Å². The van der Waals surface area contributed by atoms with Crippen LogP contribution in [0.25, 0.3) is 0 Å². The molecule has 0 unspecified atom stereocenters. The Hall–Kier alpha value is -1.42. The fraction of sp³-hybridized carbons (Fsp3) is 0.500. The monoisotopic (exact) mass is 223 g/mol. The highest BCUT2D eigenvalue weighted by Gasteiger charge is 2.34. The molecule has 1 aliphatic heterocycles. The van der Waals surface area contributed by atoms with Crippen molar-refractivity contribution in [3.63, 3.8) is 0 Å². The van der Waals surface area contributed by atoms with E-state index in [0.717, 1.165) is 30.3 Å². The molecular formula is C12H17NO3. The highest BCUT2D eigenvalue weighted by Crippen LogP contribution is 2.34. The third-order valence-corrected chi connectivity index (χ3v) is 2.73. The molecule has 1 N–H and O–H groups in total. The molecule has 16 heavy (non-hydrogen) atoms. The van der Waals surface area contributed by atoms with Gasteiger partial charge in [-0.3, -0.25) is 0 Å². The number of rotatable bonds is 4. The van der Waals surface area contributed by atoms with Crippen LogP contribution in [0, 0.1) is 0 Å². The number of hydrogen-bond donors (Lipinski definition) is 1. The second-order valence-corrected chi connectivity index (χ2v) is 4.17. The molecule has 0 radical (unpaired) electrons. The van der Waals surface area contributed by atoms with E-state index in [9.17, 15) is 0 Å². The van der Waals surface area contributed by atoms with Crippen molar-refractivity contribution in [3.05, 3.63) is 18.2 Å². The SMILES string of the molecule is COc1ccc(OC)c(OC2(C)CNC2)c1. The van der Waals surface area contributed by atoms with Gasteiger partial charge in [-0.15, -0.1) is 0 Å². The summed E-state index contributed by atoms with van der Waals surface area (Å²) >= 11 is 0. The maximum atomic E-state index is 5.93. The van der Waals surface area contributed by atoms with Crippen molar-refractivity contribution in [1.29, 1.82) is 0 Å². The fourth-order valence-corrected chi connectivity index (χ4v) is 1.68. The molecule has 2 rings (SSSR count). The van der Waals surface area contributed by atoms with Crippen LogP contribution < -0.4 is 19.5 Å². The van der Waals surface area contributed by atoms with Crippen molar-refractivity contribution < 1.29 is 14.2 Å². The lowest BCUT2D eigenvalue weighted by Gasteiger charge is -2.39. The minimum absolute atomic E-state index is 0.139. The molecule has 0 spiro atoms. The molecular weight excluding hydrogens is 206 g/mol. The van der Waals surface area contributed by atoms with Gasteiger partial charge in [0, 0.05) is 19.2 Å². The molecule has 0 bridgehead atoms. The van der Waals surface area contributed by atoms with Crippen molar-refractivity contribution >= 4 is 0 Å². The van der Waals surface area contributed by atoms with Gasteiger partial charge >= 0.3 is 0 Å². The first-order valence-corrected chi connectivity index (χ1v) is 5.29. The zero-order chi connectivity index (χ0) is 11.6. The summed E-state index contributed by atoms with van der Waals surface area (Å²) in [4.78, 5) is 0. The smallest absolute Gasteiger partial charge is 0.165 e. The van der Waals surface area contributed by atoms with Gasteiger partial charge in [0.2, 0.25) is 0 Å². The van der Waals surface area contributed by atoms with E-state index in [-0.39, 0.29) is 5.60 Å². The number of ether oxygens (including phenoxy) is 3. The second-order valence-electron chi connectivity index (χ2n) is 4.17. The summed E-state index contributed by atoms with van der Waals surface area (Å²) in [6.07, 6.45) is 0. The van der Waals surface area contributed by atoms with Crippen LogP contribution in [0.5, 0.6) is 17.2 Å². The van der Waals surface area contributed by atoms with Crippen LogP contribution in [0.4, 0.5) is 0 Å². The van der Waals surface area contributed by atoms with E-state index in [2.05, 4.69) is 12.2 Å². The van der Waals surface area contributed by atoms with E-state index in [1.54, 1.807) is 14.2 Å².